The molecule has 0 aromatic carbocycles. The Morgan fingerprint density at radius 3 is 2.07 bits per heavy atom. The van der Waals surface area contributed by atoms with Crippen LogP contribution in [0.4, 0.5) is 0 Å². The largest absolute Gasteiger partial charge is 0.365 e. The Morgan fingerprint density at radius 2 is 1.79 bits per heavy atom. The zero-order chi connectivity index (χ0) is 11.3. The van der Waals surface area contributed by atoms with E-state index >= 15 is 0 Å². The summed E-state index contributed by atoms with van der Waals surface area (Å²) in [5.74, 6) is -2.13. The number of hydrogen-bond donors (Lipinski definition) is 1. The molecule has 0 radical (unpaired) electrons. The van der Waals surface area contributed by atoms with Crippen molar-refractivity contribution >= 4 is 17.5 Å². The van der Waals surface area contributed by atoms with E-state index in [1.165, 1.54) is 6.92 Å². The lowest BCUT2D eigenvalue weighted by atomic mass is 10.0. The number of carbonyl (C=O) groups is 3. The van der Waals surface area contributed by atoms with Gasteiger partial charge in [-0.05, 0) is 18.6 Å². The van der Waals surface area contributed by atoms with Gasteiger partial charge < -0.3 is 5.73 Å². The van der Waals surface area contributed by atoms with Crippen molar-refractivity contribution in [2.24, 2.45) is 5.73 Å². The number of rotatable bonds is 5. The molecule has 0 saturated carbocycles. The van der Waals surface area contributed by atoms with Crippen LogP contribution in [0.2, 0.25) is 0 Å². The van der Waals surface area contributed by atoms with Crippen LogP contribution in [0.3, 0.4) is 0 Å². The smallest absolute Gasteiger partial charge is 0.252 e. The van der Waals surface area contributed by atoms with Crippen LogP contribution >= 0.6 is 0 Å². The second-order valence-corrected chi connectivity index (χ2v) is 2.64. The molecule has 0 aliphatic carbocycles. The summed E-state index contributed by atoms with van der Waals surface area (Å²) in [6.07, 6.45) is 1.83. The highest BCUT2D eigenvalue weighted by Crippen LogP contribution is 2.03. The first-order valence-corrected chi connectivity index (χ1v) is 3.78. The predicted molar refractivity (Wildman–Crippen MR) is 52.3 cm³/mol. The molecule has 0 saturated heterocycles. The lowest BCUT2D eigenvalue weighted by Crippen LogP contribution is -2.22. The zero-order valence-corrected chi connectivity index (χ0v) is 7.87. The number of allylic oxidation sites excluding steroid dienone is 3. The summed E-state index contributed by atoms with van der Waals surface area (Å²) in [6.45, 7) is 7.98. The van der Waals surface area contributed by atoms with E-state index in [-0.39, 0.29) is 11.1 Å². The number of carbonyl (C=O) groups excluding carboxylic acids is 3. The Hall–Kier alpha value is -1.97. The average molecular weight is 193 g/mol. The summed E-state index contributed by atoms with van der Waals surface area (Å²) >= 11 is 0. The Bertz CT molecular complexity index is 350. The first-order valence-electron chi connectivity index (χ1n) is 3.78. The lowest BCUT2D eigenvalue weighted by molar-refractivity contribution is -0.120. The summed E-state index contributed by atoms with van der Waals surface area (Å²) in [5, 5.41) is 0. The molecule has 0 unspecified atom stereocenters. The normalized spacial score (nSPS) is 10.5. The highest BCUT2D eigenvalue weighted by atomic mass is 16.2. The van der Waals surface area contributed by atoms with Gasteiger partial charge in [0, 0.05) is 6.08 Å². The second-order valence-electron chi connectivity index (χ2n) is 2.64. The average Bonchev–Trinajstić information content (AvgIpc) is 2.11. The second kappa shape index (κ2) is 4.91. The molecule has 74 valence electrons. The van der Waals surface area contributed by atoms with Crippen molar-refractivity contribution in [1.82, 2.24) is 0 Å². The van der Waals surface area contributed by atoms with Gasteiger partial charge in [0.15, 0.2) is 11.6 Å². The quantitative estimate of drug-likeness (QED) is 0.387. The molecule has 1 amide bonds. The van der Waals surface area contributed by atoms with E-state index in [4.69, 9.17) is 5.73 Å². The number of hydrogen-bond acceptors (Lipinski definition) is 3. The SMILES string of the molecule is C=CC(=O)C=C(C(N)=O)C(=O)C(=C)C. The molecule has 0 bridgehead atoms. The van der Waals surface area contributed by atoms with E-state index in [1.54, 1.807) is 0 Å². The van der Waals surface area contributed by atoms with Crippen molar-refractivity contribution in [2.45, 2.75) is 6.92 Å². The van der Waals surface area contributed by atoms with E-state index < -0.39 is 17.5 Å². The zero-order valence-electron chi connectivity index (χ0n) is 7.87. The van der Waals surface area contributed by atoms with E-state index in [1.807, 2.05) is 0 Å². The van der Waals surface area contributed by atoms with Gasteiger partial charge in [-0.2, -0.15) is 0 Å². The summed E-state index contributed by atoms with van der Waals surface area (Å²) < 4.78 is 0. The number of amides is 1. The number of Topliss-reactive ketones (excluding diaryl/α,β-unsaturated/α-hetero) is 1. The third kappa shape index (κ3) is 3.18. The number of nitrogens with two attached hydrogens (primary N) is 1. The monoisotopic (exact) mass is 193 g/mol. The van der Waals surface area contributed by atoms with Gasteiger partial charge in [0.1, 0.15) is 0 Å². The van der Waals surface area contributed by atoms with Crippen LogP contribution in [-0.2, 0) is 14.4 Å². The van der Waals surface area contributed by atoms with Crippen LogP contribution in [-0.4, -0.2) is 17.5 Å². The molecule has 0 fully saturated rings. The van der Waals surface area contributed by atoms with Crippen molar-refractivity contribution in [3.05, 3.63) is 36.5 Å². The minimum Gasteiger partial charge on any atom is -0.365 e. The molecule has 0 rings (SSSR count). The van der Waals surface area contributed by atoms with Crippen molar-refractivity contribution in [3.8, 4) is 0 Å². The molecule has 4 nitrogen and oxygen atoms in total. The van der Waals surface area contributed by atoms with Crippen LogP contribution in [0, 0.1) is 0 Å². The van der Waals surface area contributed by atoms with Gasteiger partial charge in [0.05, 0.1) is 5.57 Å². The predicted octanol–water partition coefficient (Wildman–Crippen LogP) is 0.298. The van der Waals surface area contributed by atoms with Crippen molar-refractivity contribution in [2.75, 3.05) is 0 Å². The van der Waals surface area contributed by atoms with Crippen molar-refractivity contribution < 1.29 is 14.4 Å². The van der Waals surface area contributed by atoms with Crippen LogP contribution in [0.15, 0.2) is 36.5 Å². The van der Waals surface area contributed by atoms with Crippen LogP contribution in [0.25, 0.3) is 0 Å². The van der Waals surface area contributed by atoms with E-state index in [9.17, 15) is 14.4 Å². The highest BCUT2D eigenvalue weighted by molar-refractivity contribution is 6.27. The van der Waals surface area contributed by atoms with Gasteiger partial charge in [0.25, 0.3) is 5.91 Å². The molecule has 14 heavy (non-hydrogen) atoms. The molecule has 0 aromatic rings. The summed E-state index contributed by atoms with van der Waals surface area (Å²) in [4.78, 5) is 33.0. The molecule has 0 heterocycles. The molecule has 2 N–H and O–H groups in total. The summed E-state index contributed by atoms with van der Waals surface area (Å²) in [7, 11) is 0. The molecular formula is C10H11NO3. The summed E-state index contributed by atoms with van der Waals surface area (Å²) in [5.41, 5.74) is 4.70. The summed E-state index contributed by atoms with van der Waals surface area (Å²) in [6, 6.07) is 0. The number of ketones is 2. The molecule has 0 aromatic heterocycles. The van der Waals surface area contributed by atoms with Gasteiger partial charge >= 0.3 is 0 Å². The molecule has 0 aliphatic rings. The minimum absolute atomic E-state index is 0.145. The van der Waals surface area contributed by atoms with Crippen molar-refractivity contribution in [3.63, 3.8) is 0 Å². The molecule has 0 spiro atoms. The Morgan fingerprint density at radius 1 is 1.29 bits per heavy atom. The van der Waals surface area contributed by atoms with Gasteiger partial charge in [-0.15, -0.1) is 0 Å². The third-order valence-electron chi connectivity index (χ3n) is 1.39. The van der Waals surface area contributed by atoms with Crippen LogP contribution in [0.5, 0.6) is 0 Å². The van der Waals surface area contributed by atoms with Gasteiger partial charge in [0.2, 0.25) is 0 Å². The fourth-order valence-electron chi connectivity index (χ4n) is 0.680. The maximum absolute atomic E-state index is 11.3. The number of primary amides is 1. The third-order valence-corrected chi connectivity index (χ3v) is 1.39. The van der Waals surface area contributed by atoms with Gasteiger partial charge in [-0.25, -0.2) is 0 Å². The minimum atomic E-state index is -0.951. The maximum Gasteiger partial charge on any atom is 0.252 e. The topological polar surface area (TPSA) is 77.2 Å². The van der Waals surface area contributed by atoms with Gasteiger partial charge in [-0.3, -0.25) is 14.4 Å². The van der Waals surface area contributed by atoms with E-state index in [0.29, 0.717) is 0 Å². The fourth-order valence-corrected chi connectivity index (χ4v) is 0.680. The molecule has 0 atom stereocenters. The maximum atomic E-state index is 11.3. The molecular weight excluding hydrogens is 182 g/mol. The van der Waals surface area contributed by atoms with Crippen molar-refractivity contribution in [1.29, 1.82) is 0 Å². The Balaban J connectivity index is 5.16. The highest BCUT2D eigenvalue weighted by Gasteiger charge is 2.16. The molecule has 4 heteroatoms. The lowest BCUT2D eigenvalue weighted by Gasteiger charge is -1.99. The standard InChI is InChI=1S/C10H11NO3/c1-4-7(12)5-8(10(11)14)9(13)6(2)3/h4-5H,1-2H2,3H3,(H2,11,14). The fraction of sp³-hybridized carbons (Fsp3) is 0.100. The Labute approximate surface area is 81.8 Å². The molecule has 0 aliphatic heterocycles. The van der Waals surface area contributed by atoms with Gasteiger partial charge in [-0.1, -0.05) is 13.2 Å². The Kier molecular flexibility index (Phi) is 4.22. The van der Waals surface area contributed by atoms with Crippen LogP contribution < -0.4 is 5.73 Å². The van der Waals surface area contributed by atoms with E-state index in [0.717, 1.165) is 12.2 Å². The van der Waals surface area contributed by atoms with E-state index in [2.05, 4.69) is 13.2 Å². The van der Waals surface area contributed by atoms with Crippen LogP contribution in [0.1, 0.15) is 6.92 Å². The first-order chi connectivity index (χ1) is 6.40. The first kappa shape index (κ1) is 12.0.